The topological polar surface area (TPSA) is 54.4 Å². The predicted octanol–water partition coefficient (Wildman–Crippen LogP) is 4.32. The number of methoxy groups -OCH3 is 1. The van der Waals surface area contributed by atoms with Gasteiger partial charge in [0.15, 0.2) is 0 Å². The maximum atomic E-state index is 13.6. The van der Waals surface area contributed by atoms with Gasteiger partial charge in [-0.15, -0.1) is 0 Å². The third-order valence-electron chi connectivity index (χ3n) is 6.22. The molecule has 1 fully saturated rings. The van der Waals surface area contributed by atoms with E-state index in [1.807, 2.05) is 29.2 Å². The number of aliphatic imine (C=N–C) groups is 1. The summed E-state index contributed by atoms with van der Waals surface area (Å²) in [5.74, 6) is 0.612. The molecule has 0 aromatic heterocycles. The first-order chi connectivity index (χ1) is 15.4. The van der Waals surface area contributed by atoms with E-state index in [4.69, 9.17) is 26.1 Å². The number of anilines is 1. The Morgan fingerprint density at radius 3 is 2.50 bits per heavy atom. The van der Waals surface area contributed by atoms with E-state index < -0.39 is 5.54 Å². The van der Waals surface area contributed by atoms with E-state index in [9.17, 15) is 4.79 Å². The molecule has 1 amide bonds. The zero-order valence-electron chi connectivity index (χ0n) is 18.5. The van der Waals surface area contributed by atoms with Crippen LogP contribution in [0.2, 0.25) is 5.02 Å². The minimum Gasteiger partial charge on any atom is -0.497 e. The number of benzene rings is 2. The summed E-state index contributed by atoms with van der Waals surface area (Å²) in [6.07, 6.45) is 2.21. The van der Waals surface area contributed by atoms with Gasteiger partial charge in [0, 0.05) is 35.8 Å². The first-order valence-electron chi connectivity index (χ1n) is 10.8. The molecule has 3 heterocycles. The van der Waals surface area contributed by atoms with Gasteiger partial charge in [0.1, 0.15) is 11.5 Å². The Hall–Kier alpha value is -2.67. The average molecular weight is 452 g/mol. The number of rotatable bonds is 4. The van der Waals surface area contributed by atoms with Gasteiger partial charge < -0.3 is 9.47 Å². The molecule has 0 radical (unpaired) electrons. The molecule has 3 aliphatic heterocycles. The SMILES string of the molecule is COc1cc2c3c(c1)C(=Nc1ccc(Cl)cc1)C(=O)N3C(C)(C)C=C2CN1CCOCC1. The molecule has 32 heavy (non-hydrogen) atoms. The van der Waals surface area contributed by atoms with E-state index in [1.54, 1.807) is 19.2 Å². The summed E-state index contributed by atoms with van der Waals surface area (Å²) in [5.41, 5.74) is 4.58. The Balaban J connectivity index is 1.65. The highest BCUT2D eigenvalue weighted by atomic mass is 35.5. The fraction of sp³-hybridized carbons (Fsp3) is 0.360. The van der Waals surface area contributed by atoms with Crippen molar-refractivity contribution in [1.29, 1.82) is 0 Å². The van der Waals surface area contributed by atoms with Gasteiger partial charge in [-0.2, -0.15) is 0 Å². The second-order valence-electron chi connectivity index (χ2n) is 8.86. The van der Waals surface area contributed by atoms with Crippen LogP contribution in [0, 0.1) is 0 Å². The first-order valence-corrected chi connectivity index (χ1v) is 11.2. The maximum Gasteiger partial charge on any atom is 0.278 e. The lowest BCUT2D eigenvalue weighted by Crippen LogP contribution is -2.48. The fourth-order valence-electron chi connectivity index (χ4n) is 4.72. The number of ether oxygens (including phenoxy) is 2. The Bertz CT molecular complexity index is 1130. The Morgan fingerprint density at radius 1 is 1.12 bits per heavy atom. The van der Waals surface area contributed by atoms with E-state index in [2.05, 4.69) is 24.8 Å². The molecule has 166 valence electrons. The molecule has 3 aliphatic rings. The molecule has 7 heteroatoms. The van der Waals surface area contributed by atoms with Crippen molar-refractivity contribution >= 4 is 40.2 Å². The summed E-state index contributed by atoms with van der Waals surface area (Å²) in [5, 5.41) is 0.633. The fourth-order valence-corrected chi connectivity index (χ4v) is 4.84. The molecule has 0 atom stereocenters. The van der Waals surface area contributed by atoms with Gasteiger partial charge in [-0.1, -0.05) is 17.7 Å². The van der Waals surface area contributed by atoms with Crippen molar-refractivity contribution < 1.29 is 14.3 Å². The number of halogens is 1. The van der Waals surface area contributed by atoms with Crippen molar-refractivity contribution in [2.24, 2.45) is 4.99 Å². The molecule has 0 spiro atoms. The van der Waals surface area contributed by atoms with E-state index in [1.165, 1.54) is 5.57 Å². The van der Waals surface area contributed by atoms with Gasteiger partial charge in [0.2, 0.25) is 0 Å². The second kappa shape index (κ2) is 8.03. The largest absolute Gasteiger partial charge is 0.497 e. The van der Waals surface area contributed by atoms with Gasteiger partial charge in [0.25, 0.3) is 5.91 Å². The zero-order chi connectivity index (χ0) is 22.5. The number of morpholine rings is 1. The van der Waals surface area contributed by atoms with Crippen molar-refractivity contribution in [3.05, 3.63) is 58.6 Å². The molecular weight excluding hydrogens is 426 g/mol. The predicted molar refractivity (Wildman–Crippen MR) is 127 cm³/mol. The molecule has 6 nitrogen and oxygen atoms in total. The zero-order valence-corrected chi connectivity index (χ0v) is 19.3. The summed E-state index contributed by atoms with van der Waals surface area (Å²) in [6.45, 7) is 8.24. The normalized spacial score (nSPS) is 21.0. The van der Waals surface area contributed by atoms with Crippen LogP contribution < -0.4 is 9.64 Å². The lowest BCUT2D eigenvalue weighted by atomic mass is 9.87. The van der Waals surface area contributed by atoms with Crippen LogP contribution in [0.3, 0.4) is 0 Å². The first kappa shape index (κ1) is 21.2. The molecule has 0 bridgehead atoms. The smallest absolute Gasteiger partial charge is 0.278 e. The standard InChI is InChI=1S/C25H26ClN3O3/c1-25(2)14-16(15-28-8-10-32-11-9-28)20-12-19(31-3)13-21-22(24(30)29(25)23(20)21)27-18-6-4-17(26)5-7-18/h4-7,12-14H,8-11,15H2,1-3H3. The van der Waals surface area contributed by atoms with Crippen LogP contribution >= 0.6 is 11.6 Å². The number of carbonyl (C=O) groups excluding carboxylic acids is 1. The Morgan fingerprint density at radius 2 is 1.81 bits per heavy atom. The molecular formula is C25H26ClN3O3. The molecule has 5 rings (SSSR count). The number of carbonyl (C=O) groups is 1. The van der Waals surface area contributed by atoms with E-state index >= 15 is 0 Å². The molecule has 2 aromatic rings. The van der Waals surface area contributed by atoms with Crippen LogP contribution in [0.15, 0.2) is 47.5 Å². The second-order valence-corrected chi connectivity index (χ2v) is 9.30. The molecule has 0 aliphatic carbocycles. The molecule has 0 N–H and O–H groups in total. The van der Waals surface area contributed by atoms with Crippen molar-refractivity contribution in [2.45, 2.75) is 19.4 Å². The monoisotopic (exact) mass is 451 g/mol. The van der Waals surface area contributed by atoms with E-state index in [0.717, 1.165) is 49.7 Å². The van der Waals surface area contributed by atoms with Crippen LogP contribution in [0.1, 0.15) is 25.0 Å². The summed E-state index contributed by atoms with van der Waals surface area (Å²) in [7, 11) is 1.65. The lowest BCUT2D eigenvalue weighted by Gasteiger charge is -2.40. The maximum absolute atomic E-state index is 13.6. The highest BCUT2D eigenvalue weighted by Crippen LogP contribution is 2.47. The van der Waals surface area contributed by atoms with Crippen molar-refractivity contribution in [3.8, 4) is 5.75 Å². The van der Waals surface area contributed by atoms with Crippen molar-refractivity contribution in [2.75, 3.05) is 44.9 Å². The molecule has 0 saturated carbocycles. The molecule has 0 unspecified atom stereocenters. The van der Waals surface area contributed by atoms with Crippen LogP contribution in [0.4, 0.5) is 11.4 Å². The van der Waals surface area contributed by atoms with Crippen LogP contribution in [-0.2, 0) is 9.53 Å². The van der Waals surface area contributed by atoms with Gasteiger partial charge >= 0.3 is 0 Å². The minimum atomic E-state index is -0.480. The van der Waals surface area contributed by atoms with Crippen molar-refractivity contribution in [1.82, 2.24) is 4.90 Å². The van der Waals surface area contributed by atoms with E-state index in [0.29, 0.717) is 22.2 Å². The Labute approximate surface area is 193 Å². The minimum absolute atomic E-state index is 0.101. The van der Waals surface area contributed by atoms with Crippen LogP contribution in [0.25, 0.3) is 5.57 Å². The van der Waals surface area contributed by atoms with Gasteiger partial charge in [-0.3, -0.25) is 14.6 Å². The van der Waals surface area contributed by atoms with Gasteiger partial charge in [-0.05, 0) is 55.8 Å². The quantitative estimate of drug-likeness (QED) is 0.694. The Kier molecular flexibility index (Phi) is 5.32. The van der Waals surface area contributed by atoms with E-state index in [-0.39, 0.29) is 5.91 Å². The summed E-state index contributed by atoms with van der Waals surface area (Å²) < 4.78 is 11.1. The number of hydrogen-bond acceptors (Lipinski definition) is 5. The van der Waals surface area contributed by atoms with Crippen LogP contribution in [0.5, 0.6) is 5.75 Å². The third-order valence-corrected chi connectivity index (χ3v) is 6.47. The van der Waals surface area contributed by atoms with Crippen LogP contribution in [-0.4, -0.2) is 62.0 Å². The van der Waals surface area contributed by atoms with Crippen molar-refractivity contribution in [3.63, 3.8) is 0 Å². The lowest BCUT2D eigenvalue weighted by molar-refractivity contribution is -0.112. The van der Waals surface area contributed by atoms with Gasteiger partial charge in [0.05, 0.1) is 37.2 Å². The highest BCUT2D eigenvalue weighted by Gasteiger charge is 2.46. The number of amides is 1. The third kappa shape index (κ3) is 3.62. The molecule has 1 saturated heterocycles. The number of nitrogens with zero attached hydrogens (tertiary/aromatic N) is 3. The molecule has 2 aromatic carbocycles. The average Bonchev–Trinajstić information content (AvgIpc) is 3.06. The highest BCUT2D eigenvalue weighted by molar-refractivity contribution is 6.55. The summed E-state index contributed by atoms with van der Waals surface area (Å²) in [6, 6.07) is 11.1. The van der Waals surface area contributed by atoms with Gasteiger partial charge in [-0.25, -0.2) is 4.99 Å². The summed E-state index contributed by atoms with van der Waals surface area (Å²) >= 11 is 6.03. The summed E-state index contributed by atoms with van der Waals surface area (Å²) in [4.78, 5) is 22.6. The number of hydrogen-bond donors (Lipinski definition) is 0.